The van der Waals surface area contributed by atoms with Gasteiger partial charge >= 0.3 is 5.97 Å². The van der Waals surface area contributed by atoms with Crippen molar-refractivity contribution in [2.45, 2.75) is 39.3 Å². The summed E-state index contributed by atoms with van der Waals surface area (Å²) in [5, 5.41) is 2.81. The van der Waals surface area contributed by atoms with Crippen LogP contribution in [0, 0.1) is 13.8 Å². The van der Waals surface area contributed by atoms with E-state index in [0.29, 0.717) is 12.1 Å². The number of esters is 1. The van der Waals surface area contributed by atoms with Gasteiger partial charge in [-0.25, -0.2) is 4.79 Å². The molecular weight excluding hydrogens is 362 g/mol. The van der Waals surface area contributed by atoms with Crippen LogP contribution in [0.1, 0.15) is 40.3 Å². The summed E-state index contributed by atoms with van der Waals surface area (Å²) in [4.78, 5) is 37.6. The molecule has 0 unspecified atom stereocenters. The Morgan fingerprint density at radius 3 is 2.71 bits per heavy atom. The molecule has 8 heteroatoms. The lowest BCUT2D eigenvalue weighted by Crippen LogP contribution is -2.40. The van der Waals surface area contributed by atoms with Gasteiger partial charge in [-0.15, -0.1) is 0 Å². The Labute approximate surface area is 163 Å². The first-order chi connectivity index (χ1) is 13.3. The van der Waals surface area contributed by atoms with Crippen LogP contribution in [0.25, 0.3) is 0 Å². The molecule has 2 aromatic rings. The number of likely N-dealkylation sites (N-methyl/N-ethyl adjacent to an activating group) is 1. The third-order valence-electron chi connectivity index (χ3n) is 4.76. The van der Waals surface area contributed by atoms with E-state index >= 15 is 0 Å². The van der Waals surface area contributed by atoms with Crippen LogP contribution in [0.3, 0.4) is 0 Å². The minimum Gasteiger partial charge on any atom is -0.467 e. The van der Waals surface area contributed by atoms with Gasteiger partial charge in [0.1, 0.15) is 5.76 Å². The van der Waals surface area contributed by atoms with Gasteiger partial charge in [0.25, 0.3) is 5.91 Å². The molecule has 28 heavy (non-hydrogen) atoms. The number of furan rings is 1. The second-order valence-corrected chi connectivity index (χ2v) is 7.12. The second-order valence-electron chi connectivity index (χ2n) is 7.12. The molecule has 1 fully saturated rings. The summed E-state index contributed by atoms with van der Waals surface area (Å²) in [7, 11) is 1.51. The summed E-state index contributed by atoms with van der Waals surface area (Å²) in [5.74, 6) is -0.416. The van der Waals surface area contributed by atoms with Crippen LogP contribution < -0.4 is 5.32 Å². The Balaban J connectivity index is 1.54. The molecule has 2 aromatic heterocycles. The first-order valence-electron chi connectivity index (χ1n) is 9.24. The highest BCUT2D eigenvalue weighted by Gasteiger charge is 2.25. The molecule has 2 amide bonds. The van der Waals surface area contributed by atoms with Gasteiger partial charge in [-0.1, -0.05) is 0 Å². The maximum atomic E-state index is 12.4. The first-order valence-corrected chi connectivity index (χ1v) is 9.24. The van der Waals surface area contributed by atoms with Crippen molar-refractivity contribution in [2.75, 3.05) is 20.2 Å². The molecule has 0 atom stereocenters. The molecule has 0 aliphatic heterocycles. The van der Waals surface area contributed by atoms with E-state index in [2.05, 4.69) is 5.32 Å². The zero-order valence-corrected chi connectivity index (χ0v) is 16.4. The Kier molecular flexibility index (Phi) is 5.87. The number of carbonyl (C=O) groups excluding carboxylic acids is 3. The van der Waals surface area contributed by atoms with Crippen molar-refractivity contribution in [1.82, 2.24) is 14.8 Å². The number of nitrogens with zero attached hydrogens (tertiary/aromatic N) is 2. The zero-order valence-electron chi connectivity index (χ0n) is 16.4. The lowest BCUT2D eigenvalue weighted by atomic mass is 10.2. The van der Waals surface area contributed by atoms with Crippen LogP contribution in [-0.4, -0.2) is 53.5 Å². The van der Waals surface area contributed by atoms with E-state index in [0.717, 1.165) is 30.0 Å². The van der Waals surface area contributed by atoms with Gasteiger partial charge in [-0.3, -0.25) is 9.59 Å². The summed E-state index contributed by atoms with van der Waals surface area (Å²) in [6.07, 6.45) is 3.57. The standard InChI is InChI=1S/C20H25N3O5/c1-13-9-17(14(2)23(13)10-16-5-4-8-27-16)20(26)28-12-19(25)22(3)11-18(24)21-15-6-7-15/h4-5,8-9,15H,6-7,10-12H2,1-3H3,(H,21,24). The van der Waals surface area contributed by atoms with Gasteiger partial charge in [-0.05, 0) is 44.9 Å². The molecule has 1 N–H and O–H groups in total. The van der Waals surface area contributed by atoms with Crippen molar-refractivity contribution in [2.24, 2.45) is 0 Å². The van der Waals surface area contributed by atoms with E-state index < -0.39 is 18.5 Å². The molecule has 3 rings (SSSR count). The predicted octanol–water partition coefficient (Wildman–Crippen LogP) is 1.64. The highest BCUT2D eigenvalue weighted by atomic mass is 16.5. The van der Waals surface area contributed by atoms with E-state index in [1.54, 1.807) is 12.3 Å². The molecule has 0 aromatic carbocycles. The highest BCUT2D eigenvalue weighted by molar-refractivity contribution is 5.93. The fourth-order valence-corrected chi connectivity index (χ4v) is 2.93. The van der Waals surface area contributed by atoms with Gasteiger partial charge in [0.05, 0.1) is 24.9 Å². The number of carbonyl (C=O) groups is 3. The molecule has 1 aliphatic rings. The lowest BCUT2D eigenvalue weighted by Gasteiger charge is -2.16. The zero-order chi connectivity index (χ0) is 20.3. The number of nitrogens with one attached hydrogen (secondary N) is 1. The largest absolute Gasteiger partial charge is 0.467 e. The average molecular weight is 387 g/mol. The highest BCUT2D eigenvalue weighted by Crippen LogP contribution is 2.19. The summed E-state index contributed by atoms with van der Waals surface area (Å²) in [6.45, 7) is 3.76. The summed E-state index contributed by atoms with van der Waals surface area (Å²) in [6, 6.07) is 5.65. The van der Waals surface area contributed by atoms with E-state index in [9.17, 15) is 14.4 Å². The van der Waals surface area contributed by atoms with Crippen LogP contribution in [-0.2, 0) is 20.9 Å². The van der Waals surface area contributed by atoms with Crippen molar-refractivity contribution in [3.8, 4) is 0 Å². The fourth-order valence-electron chi connectivity index (χ4n) is 2.93. The monoisotopic (exact) mass is 387 g/mol. The smallest absolute Gasteiger partial charge is 0.340 e. The van der Waals surface area contributed by atoms with Crippen molar-refractivity contribution in [3.63, 3.8) is 0 Å². The van der Waals surface area contributed by atoms with Crippen LogP contribution >= 0.6 is 0 Å². The molecular formula is C20H25N3O5. The average Bonchev–Trinajstić information content (AvgIpc) is 3.22. The minimum absolute atomic E-state index is 0.0510. The van der Waals surface area contributed by atoms with Crippen molar-refractivity contribution < 1.29 is 23.5 Å². The number of aromatic nitrogens is 1. The lowest BCUT2D eigenvalue weighted by molar-refractivity contribution is -0.137. The third kappa shape index (κ3) is 4.82. The summed E-state index contributed by atoms with van der Waals surface area (Å²) < 4.78 is 12.5. The number of aryl methyl sites for hydroxylation is 1. The summed E-state index contributed by atoms with van der Waals surface area (Å²) >= 11 is 0. The molecule has 0 bridgehead atoms. The maximum absolute atomic E-state index is 12.4. The van der Waals surface area contributed by atoms with Crippen LogP contribution in [0.4, 0.5) is 0 Å². The number of hydrogen-bond acceptors (Lipinski definition) is 5. The van der Waals surface area contributed by atoms with Crippen LogP contribution in [0.2, 0.25) is 0 Å². The Morgan fingerprint density at radius 2 is 2.07 bits per heavy atom. The van der Waals surface area contributed by atoms with E-state index in [4.69, 9.17) is 9.15 Å². The predicted molar refractivity (Wildman–Crippen MR) is 101 cm³/mol. The number of hydrogen-bond donors (Lipinski definition) is 1. The van der Waals surface area contributed by atoms with E-state index in [-0.39, 0.29) is 18.5 Å². The minimum atomic E-state index is -0.567. The summed E-state index contributed by atoms with van der Waals surface area (Å²) in [5.41, 5.74) is 2.04. The molecule has 0 radical (unpaired) electrons. The van der Waals surface area contributed by atoms with E-state index in [1.165, 1.54) is 11.9 Å². The van der Waals surface area contributed by atoms with Gasteiger partial charge < -0.3 is 23.9 Å². The second kappa shape index (κ2) is 8.33. The van der Waals surface area contributed by atoms with Gasteiger partial charge in [-0.2, -0.15) is 0 Å². The molecule has 1 aliphatic carbocycles. The van der Waals surface area contributed by atoms with Crippen molar-refractivity contribution in [1.29, 1.82) is 0 Å². The van der Waals surface area contributed by atoms with Crippen LogP contribution in [0.5, 0.6) is 0 Å². The van der Waals surface area contributed by atoms with Crippen molar-refractivity contribution >= 4 is 17.8 Å². The quantitative estimate of drug-likeness (QED) is 0.695. The SMILES string of the molecule is Cc1cc(C(=O)OCC(=O)N(C)CC(=O)NC2CC2)c(C)n1Cc1ccco1. The Morgan fingerprint density at radius 1 is 1.32 bits per heavy atom. The number of rotatable bonds is 8. The number of ether oxygens (including phenoxy) is 1. The Bertz CT molecular complexity index is 865. The molecule has 2 heterocycles. The molecule has 1 saturated carbocycles. The Hall–Kier alpha value is -3.03. The molecule has 8 nitrogen and oxygen atoms in total. The topological polar surface area (TPSA) is 93.8 Å². The first kappa shape index (κ1) is 19.7. The van der Waals surface area contributed by atoms with Crippen LogP contribution in [0.15, 0.2) is 28.9 Å². The molecule has 150 valence electrons. The maximum Gasteiger partial charge on any atom is 0.340 e. The molecule has 0 spiro atoms. The number of amides is 2. The third-order valence-corrected chi connectivity index (χ3v) is 4.76. The van der Waals surface area contributed by atoms with Gasteiger partial charge in [0, 0.05) is 24.5 Å². The molecule has 0 saturated heterocycles. The van der Waals surface area contributed by atoms with Crippen molar-refractivity contribution in [3.05, 3.63) is 47.2 Å². The normalized spacial score (nSPS) is 13.2. The van der Waals surface area contributed by atoms with E-state index in [1.807, 2.05) is 30.5 Å². The fraction of sp³-hybridized carbons (Fsp3) is 0.450. The van der Waals surface area contributed by atoms with Gasteiger partial charge in [0.15, 0.2) is 6.61 Å². The van der Waals surface area contributed by atoms with Gasteiger partial charge in [0.2, 0.25) is 5.91 Å².